The molecule has 1 aliphatic rings. The van der Waals surface area contributed by atoms with Crippen LogP contribution in [0.25, 0.3) is 0 Å². The molecule has 2 nitrogen and oxygen atoms in total. The molecule has 1 aliphatic heterocycles. The average Bonchev–Trinajstić information content (AvgIpc) is 2.37. The van der Waals surface area contributed by atoms with Gasteiger partial charge in [0, 0.05) is 17.6 Å². The van der Waals surface area contributed by atoms with Crippen molar-refractivity contribution in [2.24, 2.45) is 11.3 Å². The molecule has 1 saturated heterocycles. The normalized spacial score (nSPS) is 17.8. The number of halogens is 1. The summed E-state index contributed by atoms with van der Waals surface area (Å²) in [7, 11) is 0. The molecule has 0 amide bonds. The van der Waals surface area contributed by atoms with Gasteiger partial charge in [0.25, 0.3) is 0 Å². The van der Waals surface area contributed by atoms with E-state index in [0.717, 1.165) is 29.0 Å². The minimum atomic E-state index is 0.102. The lowest BCUT2D eigenvalue weighted by Crippen LogP contribution is -2.38. The van der Waals surface area contributed by atoms with Gasteiger partial charge < -0.3 is 10.0 Å². The Kier molecular flexibility index (Phi) is 4.57. The molecule has 3 heteroatoms. The highest BCUT2D eigenvalue weighted by Gasteiger charge is 2.29. The van der Waals surface area contributed by atoms with Gasteiger partial charge in [0.15, 0.2) is 0 Å². The van der Waals surface area contributed by atoms with E-state index >= 15 is 0 Å². The minimum Gasteiger partial charge on any atom is -0.392 e. The van der Waals surface area contributed by atoms with Crippen molar-refractivity contribution in [2.75, 3.05) is 18.0 Å². The van der Waals surface area contributed by atoms with E-state index in [-0.39, 0.29) is 6.61 Å². The van der Waals surface area contributed by atoms with Crippen molar-refractivity contribution < 1.29 is 5.11 Å². The maximum Gasteiger partial charge on any atom is 0.0682 e. The van der Waals surface area contributed by atoms with Gasteiger partial charge in [-0.3, -0.25) is 0 Å². The van der Waals surface area contributed by atoms with Gasteiger partial charge in [-0.25, -0.2) is 0 Å². The first-order valence-corrected chi connectivity index (χ1v) is 7.85. The van der Waals surface area contributed by atoms with Crippen LogP contribution >= 0.6 is 15.9 Å². The number of hydrogen-bond acceptors (Lipinski definition) is 2. The molecule has 0 atom stereocenters. The molecular formula is C16H24BrNO. The Bertz CT molecular complexity index is 431. The largest absolute Gasteiger partial charge is 0.392 e. The Morgan fingerprint density at radius 1 is 1.26 bits per heavy atom. The lowest BCUT2D eigenvalue weighted by Gasteiger charge is -2.40. The summed E-state index contributed by atoms with van der Waals surface area (Å²) in [6.45, 7) is 9.39. The lowest BCUT2D eigenvalue weighted by atomic mass is 9.75. The molecule has 19 heavy (non-hydrogen) atoms. The van der Waals surface area contributed by atoms with E-state index in [1.807, 2.05) is 12.1 Å². The van der Waals surface area contributed by atoms with Crippen molar-refractivity contribution in [1.82, 2.24) is 0 Å². The molecule has 0 bridgehead atoms. The highest BCUT2D eigenvalue weighted by molar-refractivity contribution is 9.10. The van der Waals surface area contributed by atoms with Crippen LogP contribution in [0.1, 0.15) is 39.2 Å². The summed E-state index contributed by atoms with van der Waals surface area (Å²) in [6.07, 6.45) is 2.52. The molecule has 1 heterocycles. The van der Waals surface area contributed by atoms with E-state index in [0.29, 0.717) is 5.41 Å². The molecular weight excluding hydrogens is 302 g/mol. The number of hydrogen-bond donors (Lipinski definition) is 1. The zero-order valence-electron chi connectivity index (χ0n) is 12.1. The van der Waals surface area contributed by atoms with Crippen LogP contribution in [0, 0.1) is 11.3 Å². The molecule has 1 fully saturated rings. The van der Waals surface area contributed by atoms with Crippen molar-refractivity contribution in [2.45, 2.75) is 40.2 Å². The van der Waals surface area contributed by atoms with E-state index in [1.165, 1.54) is 18.5 Å². The molecule has 0 aliphatic carbocycles. The first-order chi connectivity index (χ1) is 8.91. The van der Waals surface area contributed by atoms with E-state index < -0.39 is 0 Å². The summed E-state index contributed by atoms with van der Waals surface area (Å²) in [4.78, 5) is 2.45. The van der Waals surface area contributed by atoms with Crippen molar-refractivity contribution in [3.63, 3.8) is 0 Å². The van der Waals surface area contributed by atoms with E-state index in [9.17, 15) is 0 Å². The number of anilines is 1. The van der Waals surface area contributed by atoms with Crippen LogP contribution in [0.4, 0.5) is 5.69 Å². The number of nitrogens with zero attached hydrogens (tertiary/aromatic N) is 1. The second kappa shape index (κ2) is 5.84. The number of benzene rings is 1. The van der Waals surface area contributed by atoms with Crippen molar-refractivity contribution >= 4 is 21.6 Å². The highest BCUT2D eigenvalue weighted by Crippen LogP contribution is 2.37. The van der Waals surface area contributed by atoms with E-state index in [4.69, 9.17) is 5.11 Å². The van der Waals surface area contributed by atoms with E-state index in [2.05, 4.69) is 47.7 Å². The van der Waals surface area contributed by atoms with Crippen molar-refractivity contribution in [1.29, 1.82) is 0 Å². The fraction of sp³-hybridized carbons (Fsp3) is 0.625. The van der Waals surface area contributed by atoms with Gasteiger partial charge in [-0.2, -0.15) is 0 Å². The number of aliphatic hydroxyl groups is 1. The highest BCUT2D eigenvalue weighted by atomic mass is 79.9. The van der Waals surface area contributed by atoms with Crippen molar-refractivity contribution in [3.05, 3.63) is 28.2 Å². The van der Waals surface area contributed by atoms with Gasteiger partial charge in [0.1, 0.15) is 0 Å². The average molecular weight is 326 g/mol. The number of piperidine rings is 1. The number of aliphatic hydroxyl groups excluding tert-OH is 1. The number of rotatable bonds is 2. The summed E-state index contributed by atoms with van der Waals surface area (Å²) in [5.41, 5.74) is 2.63. The smallest absolute Gasteiger partial charge is 0.0682 e. The van der Waals surface area contributed by atoms with Gasteiger partial charge in [-0.1, -0.05) is 26.8 Å². The van der Waals surface area contributed by atoms with Crippen LogP contribution in [0.2, 0.25) is 0 Å². The van der Waals surface area contributed by atoms with Crippen LogP contribution in [0.3, 0.4) is 0 Å². The molecule has 0 unspecified atom stereocenters. The van der Waals surface area contributed by atoms with E-state index in [1.54, 1.807) is 0 Å². The molecule has 1 N–H and O–H groups in total. The second-order valence-electron chi connectivity index (χ2n) is 6.57. The third kappa shape index (κ3) is 3.51. The summed E-state index contributed by atoms with van der Waals surface area (Å²) >= 11 is 3.63. The fourth-order valence-corrected chi connectivity index (χ4v) is 3.57. The molecule has 0 aromatic heterocycles. The van der Waals surface area contributed by atoms with Gasteiger partial charge in [-0.05, 0) is 57.8 Å². The predicted octanol–water partition coefficient (Wildman–Crippen LogP) is 4.20. The van der Waals surface area contributed by atoms with Crippen LogP contribution in [-0.4, -0.2) is 18.2 Å². The monoisotopic (exact) mass is 325 g/mol. The topological polar surface area (TPSA) is 23.5 Å². The Morgan fingerprint density at radius 3 is 2.37 bits per heavy atom. The van der Waals surface area contributed by atoms with Gasteiger partial charge in [0.2, 0.25) is 0 Å². The molecule has 0 spiro atoms. The van der Waals surface area contributed by atoms with Gasteiger partial charge in [-0.15, -0.1) is 0 Å². The standard InChI is InChI=1S/C16H24BrNO/c1-16(2,3)13-6-8-18(9-7-13)15-5-4-12(11-19)10-14(15)17/h4-5,10,13,19H,6-9,11H2,1-3H3. The van der Waals surface area contributed by atoms with Crippen LogP contribution < -0.4 is 4.90 Å². The Morgan fingerprint density at radius 2 is 1.89 bits per heavy atom. The molecule has 1 aromatic rings. The van der Waals surface area contributed by atoms with Gasteiger partial charge >= 0.3 is 0 Å². The van der Waals surface area contributed by atoms with Crippen LogP contribution in [0.5, 0.6) is 0 Å². The fourth-order valence-electron chi connectivity index (χ4n) is 2.89. The summed E-state index contributed by atoms with van der Waals surface area (Å²) in [5.74, 6) is 0.819. The molecule has 106 valence electrons. The van der Waals surface area contributed by atoms with Gasteiger partial charge in [0.05, 0.1) is 12.3 Å². The molecule has 1 aromatic carbocycles. The van der Waals surface area contributed by atoms with Crippen LogP contribution in [0.15, 0.2) is 22.7 Å². The zero-order chi connectivity index (χ0) is 14.0. The Hall–Kier alpha value is -0.540. The summed E-state index contributed by atoms with van der Waals surface area (Å²) in [5, 5.41) is 9.15. The minimum absolute atomic E-state index is 0.102. The predicted molar refractivity (Wildman–Crippen MR) is 84.5 cm³/mol. The maximum absolute atomic E-state index is 9.15. The zero-order valence-corrected chi connectivity index (χ0v) is 13.7. The first-order valence-electron chi connectivity index (χ1n) is 7.06. The molecule has 0 radical (unpaired) electrons. The third-order valence-electron chi connectivity index (χ3n) is 4.26. The quantitative estimate of drug-likeness (QED) is 0.880. The first kappa shape index (κ1) is 14.9. The SMILES string of the molecule is CC(C)(C)C1CCN(c2ccc(CO)cc2Br)CC1. The Labute approximate surface area is 124 Å². The van der Waals surface area contributed by atoms with Crippen LogP contribution in [-0.2, 0) is 6.61 Å². The molecule has 0 saturated carbocycles. The summed E-state index contributed by atoms with van der Waals surface area (Å²) < 4.78 is 1.09. The lowest BCUT2D eigenvalue weighted by molar-refractivity contribution is 0.199. The second-order valence-corrected chi connectivity index (χ2v) is 7.43. The Balaban J connectivity index is 2.06. The maximum atomic E-state index is 9.15. The molecule has 2 rings (SSSR count). The third-order valence-corrected chi connectivity index (χ3v) is 4.89. The van der Waals surface area contributed by atoms with Crippen molar-refractivity contribution in [3.8, 4) is 0 Å². The summed E-state index contributed by atoms with van der Waals surface area (Å²) in [6, 6.07) is 6.15.